The molecule has 0 unspecified atom stereocenters. The van der Waals surface area contributed by atoms with Gasteiger partial charge in [0.1, 0.15) is 0 Å². The lowest BCUT2D eigenvalue weighted by Gasteiger charge is -2.28. The van der Waals surface area contributed by atoms with Crippen LogP contribution in [0.2, 0.25) is 0 Å². The smallest absolute Gasteiger partial charge is 0.317 e. The van der Waals surface area contributed by atoms with Gasteiger partial charge in [-0.05, 0) is 18.8 Å². The number of carbonyl (C=O) groups excluding carboxylic acids is 1. The molecule has 0 bridgehead atoms. The number of urea groups is 1. The highest BCUT2D eigenvalue weighted by atomic mass is 16.2. The largest absolute Gasteiger partial charge is 0.338 e. The van der Waals surface area contributed by atoms with Crippen LogP contribution in [0.4, 0.5) is 4.79 Å². The molecule has 2 amide bonds. The molecule has 1 N–H and O–H groups in total. The molecule has 1 saturated heterocycles. The summed E-state index contributed by atoms with van der Waals surface area (Å²) >= 11 is 0. The lowest BCUT2D eigenvalue weighted by Crippen LogP contribution is -2.46. The van der Waals surface area contributed by atoms with Crippen molar-refractivity contribution in [2.45, 2.75) is 51.4 Å². The van der Waals surface area contributed by atoms with E-state index in [1.165, 1.54) is 44.9 Å². The summed E-state index contributed by atoms with van der Waals surface area (Å²) < 4.78 is 0. The number of nitrogens with zero attached hydrogens (tertiary/aromatic N) is 1. The summed E-state index contributed by atoms with van der Waals surface area (Å²) in [6, 6.07) is 0.153. The normalized spacial score (nSPS) is 24.0. The molecule has 1 heterocycles. The maximum Gasteiger partial charge on any atom is 0.317 e. The van der Waals surface area contributed by atoms with Crippen LogP contribution in [0.5, 0.6) is 0 Å². The third-order valence-corrected chi connectivity index (χ3v) is 3.95. The van der Waals surface area contributed by atoms with E-state index in [9.17, 15) is 4.79 Å². The molecule has 0 atom stereocenters. The van der Waals surface area contributed by atoms with Gasteiger partial charge in [-0.15, -0.1) is 0 Å². The van der Waals surface area contributed by atoms with Gasteiger partial charge in [0.2, 0.25) is 0 Å². The molecule has 2 aliphatic rings. The van der Waals surface area contributed by atoms with Crippen LogP contribution >= 0.6 is 0 Å². The first-order valence-corrected chi connectivity index (χ1v) is 6.89. The fourth-order valence-electron chi connectivity index (χ4n) is 2.88. The number of amides is 2. The van der Waals surface area contributed by atoms with Crippen LogP contribution in [0.15, 0.2) is 0 Å². The van der Waals surface area contributed by atoms with Gasteiger partial charge >= 0.3 is 6.03 Å². The van der Waals surface area contributed by atoms with E-state index in [2.05, 4.69) is 5.32 Å². The second-order valence-electron chi connectivity index (χ2n) is 5.22. The Morgan fingerprint density at radius 1 is 1.12 bits per heavy atom. The van der Waals surface area contributed by atoms with Crippen molar-refractivity contribution in [3.05, 3.63) is 0 Å². The number of hydrogen-bond acceptors (Lipinski definition) is 1. The Hall–Kier alpha value is -0.730. The summed E-state index contributed by atoms with van der Waals surface area (Å²) in [5, 5.41) is 2.92. The first kappa shape index (κ1) is 11.7. The molecule has 1 aliphatic carbocycles. The molecule has 0 aromatic carbocycles. The minimum atomic E-state index is 0.153. The molecule has 2 fully saturated rings. The summed E-state index contributed by atoms with van der Waals surface area (Å²) in [4.78, 5) is 13.5. The maximum atomic E-state index is 11.5. The van der Waals surface area contributed by atoms with E-state index < -0.39 is 0 Å². The molecule has 0 spiro atoms. The van der Waals surface area contributed by atoms with Gasteiger partial charge in [0.05, 0.1) is 0 Å². The molecule has 0 aromatic rings. The predicted octanol–water partition coefficient (Wildman–Crippen LogP) is 2.76. The highest BCUT2D eigenvalue weighted by Gasteiger charge is 2.19. The second-order valence-corrected chi connectivity index (χ2v) is 5.22. The van der Waals surface area contributed by atoms with Crippen molar-refractivity contribution in [2.24, 2.45) is 5.92 Å². The molecule has 2 rings (SSSR count). The van der Waals surface area contributed by atoms with Crippen molar-refractivity contribution in [2.75, 3.05) is 19.6 Å². The van der Waals surface area contributed by atoms with E-state index in [-0.39, 0.29) is 6.03 Å². The molecular formula is C13H24N2O. The number of nitrogens with one attached hydrogen (secondary N) is 1. The standard InChI is InChI=1S/C13H24N2O/c16-13-14-9-5-10-15(13)11-8-12-6-3-1-2-4-7-12/h12H,1-11H2,(H,14,16). The number of rotatable bonds is 3. The summed E-state index contributed by atoms with van der Waals surface area (Å²) in [5.74, 6) is 0.872. The van der Waals surface area contributed by atoms with E-state index in [0.717, 1.165) is 32.0 Å². The maximum absolute atomic E-state index is 11.5. The van der Waals surface area contributed by atoms with Crippen molar-refractivity contribution < 1.29 is 4.79 Å². The van der Waals surface area contributed by atoms with E-state index >= 15 is 0 Å². The summed E-state index contributed by atoms with van der Waals surface area (Å²) in [5.41, 5.74) is 0. The zero-order valence-electron chi connectivity index (χ0n) is 10.2. The van der Waals surface area contributed by atoms with Gasteiger partial charge in [0, 0.05) is 19.6 Å². The fourth-order valence-corrected chi connectivity index (χ4v) is 2.88. The Bertz CT molecular complexity index is 222. The summed E-state index contributed by atoms with van der Waals surface area (Å²) in [6.45, 7) is 2.79. The Labute approximate surface area is 98.6 Å². The van der Waals surface area contributed by atoms with Crippen molar-refractivity contribution in [3.8, 4) is 0 Å². The van der Waals surface area contributed by atoms with Crippen LogP contribution in [0, 0.1) is 5.92 Å². The third kappa shape index (κ3) is 3.39. The van der Waals surface area contributed by atoms with Gasteiger partial charge in [0.25, 0.3) is 0 Å². The molecular weight excluding hydrogens is 200 g/mol. The van der Waals surface area contributed by atoms with Crippen LogP contribution in [0.1, 0.15) is 51.4 Å². The van der Waals surface area contributed by atoms with Gasteiger partial charge < -0.3 is 10.2 Å². The topological polar surface area (TPSA) is 32.3 Å². The van der Waals surface area contributed by atoms with E-state index in [4.69, 9.17) is 0 Å². The SMILES string of the molecule is O=C1NCCCN1CCC1CCCCCC1. The van der Waals surface area contributed by atoms with Gasteiger partial charge in [0.15, 0.2) is 0 Å². The van der Waals surface area contributed by atoms with Crippen molar-refractivity contribution in [1.29, 1.82) is 0 Å². The molecule has 16 heavy (non-hydrogen) atoms. The van der Waals surface area contributed by atoms with Gasteiger partial charge in [-0.1, -0.05) is 38.5 Å². The van der Waals surface area contributed by atoms with Crippen molar-refractivity contribution >= 4 is 6.03 Å². The first-order valence-electron chi connectivity index (χ1n) is 6.89. The van der Waals surface area contributed by atoms with Crippen LogP contribution in [-0.4, -0.2) is 30.6 Å². The number of hydrogen-bond donors (Lipinski definition) is 1. The van der Waals surface area contributed by atoms with Gasteiger partial charge in [-0.2, -0.15) is 0 Å². The minimum absolute atomic E-state index is 0.153. The van der Waals surface area contributed by atoms with E-state index in [1.807, 2.05) is 4.90 Å². The van der Waals surface area contributed by atoms with Crippen LogP contribution in [0.25, 0.3) is 0 Å². The van der Waals surface area contributed by atoms with Crippen molar-refractivity contribution in [1.82, 2.24) is 10.2 Å². The molecule has 0 aromatic heterocycles. The van der Waals surface area contributed by atoms with E-state index in [0.29, 0.717) is 0 Å². The Balaban J connectivity index is 1.70. The molecule has 1 aliphatic heterocycles. The lowest BCUT2D eigenvalue weighted by molar-refractivity contribution is 0.180. The third-order valence-electron chi connectivity index (χ3n) is 3.95. The average Bonchev–Trinajstić information content (AvgIpc) is 2.56. The highest BCUT2D eigenvalue weighted by Crippen LogP contribution is 2.25. The zero-order chi connectivity index (χ0) is 11.2. The average molecular weight is 224 g/mol. The second kappa shape index (κ2) is 6.12. The monoisotopic (exact) mass is 224 g/mol. The minimum Gasteiger partial charge on any atom is -0.338 e. The summed E-state index contributed by atoms with van der Waals surface area (Å²) in [6.07, 6.45) is 10.7. The summed E-state index contributed by atoms with van der Waals surface area (Å²) in [7, 11) is 0. The highest BCUT2D eigenvalue weighted by molar-refractivity contribution is 5.74. The Morgan fingerprint density at radius 2 is 1.88 bits per heavy atom. The number of carbonyl (C=O) groups is 1. The fraction of sp³-hybridized carbons (Fsp3) is 0.923. The lowest BCUT2D eigenvalue weighted by atomic mass is 9.96. The van der Waals surface area contributed by atoms with Crippen LogP contribution in [0.3, 0.4) is 0 Å². The zero-order valence-corrected chi connectivity index (χ0v) is 10.2. The molecule has 92 valence electrons. The molecule has 0 radical (unpaired) electrons. The predicted molar refractivity (Wildman–Crippen MR) is 65.4 cm³/mol. The molecule has 3 heteroatoms. The van der Waals surface area contributed by atoms with E-state index in [1.54, 1.807) is 0 Å². The molecule has 3 nitrogen and oxygen atoms in total. The Kier molecular flexibility index (Phi) is 4.49. The van der Waals surface area contributed by atoms with Gasteiger partial charge in [-0.3, -0.25) is 0 Å². The van der Waals surface area contributed by atoms with Crippen LogP contribution in [-0.2, 0) is 0 Å². The van der Waals surface area contributed by atoms with Crippen LogP contribution < -0.4 is 5.32 Å². The quantitative estimate of drug-likeness (QED) is 0.735. The molecule has 1 saturated carbocycles. The van der Waals surface area contributed by atoms with Crippen molar-refractivity contribution in [3.63, 3.8) is 0 Å². The van der Waals surface area contributed by atoms with Gasteiger partial charge in [-0.25, -0.2) is 4.79 Å². The Morgan fingerprint density at radius 3 is 2.56 bits per heavy atom. The first-order chi connectivity index (χ1) is 7.86.